The molecule has 1 heterocycles. The van der Waals surface area contributed by atoms with Gasteiger partial charge in [-0.15, -0.1) is 0 Å². The van der Waals surface area contributed by atoms with Gasteiger partial charge in [-0.3, -0.25) is 4.98 Å². The molecule has 2 nitrogen and oxygen atoms in total. The van der Waals surface area contributed by atoms with E-state index in [2.05, 4.69) is 39.2 Å². The van der Waals surface area contributed by atoms with Gasteiger partial charge in [-0.05, 0) is 52.7 Å². The number of likely N-dealkylation sites (N-methyl/N-ethyl adjacent to an activating group) is 1. The van der Waals surface area contributed by atoms with Gasteiger partial charge in [0.05, 0.1) is 4.47 Å². The molecule has 106 valence electrons. The monoisotopic (exact) mass is 336 g/mol. The Morgan fingerprint density at radius 3 is 2.70 bits per heavy atom. The second-order valence-corrected chi connectivity index (χ2v) is 5.49. The second kappa shape index (κ2) is 6.95. The lowest BCUT2D eigenvalue weighted by molar-refractivity contribution is 0.566. The molecule has 2 rings (SSSR count). The first-order valence-corrected chi connectivity index (χ1v) is 7.50. The van der Waals surface area contributed by atoms with Gasteiger partial charge in [0, 0.05) is 24.4 Å². The minimum absolute atomic E-state index is 0.0278. The summed E-state index contributed by atoms with van der Waals surface area (Å²) in [4.78, 5) is 4.47. The third-order valence-electron chi connectivity index (χ3n) is 3.41. The highest BCUT2D eigenvalue weighted by atomic mass is 79.9. The van der Waals surface area contributed by atoms with Crippen molar-refractivity contribution in [3.63, 3.8) is 0 Å². The topological polar surface area (TPSA) is 24.9 Å². The molecule has 1 aromatic carbocycles. The number of nitrogens with zero attached hydrogens (tertiary/aromatic N) is 1. The SMILES string of the molecule is CCc1ccc(CC(NC)c2cccc(F)c2Br)nc1. The molecule has 4 heteroatoms. The highest BCUT2D eigenvalue weighted by molar-refractivity contribution is 9.10. The first-order valence-electron chi connectivity index (χ1n) is 6.70. The van der Waals surface area contributed by atoms with Gasteiger partial charge in [0.1, 0.15) is 5.82 Å². The molecule has 2 aromatic rings. The molecule has 0 radical (unpaired) electrons. The molecule has 1 unspecified atom stereocenters. The molecular formula is C16H18BrFN2. The Labute approximate surface area is 127 Å². The number of rotatable bonds is 5. The highest BCUT2D eigenvalue weighted by Gasteiger charge is 2.16. The molecule has 0 spiro atoms. The minimum atomic E-state index is -0.239. The van der Waals surface area contributed by atoms with Crippen molar-refractivity contribution in [1.29, 1.82) is 0 Å². The van der Waals surface area contributed by atoms with Crippen molar-refractivity contribution in [1.82, 2.24) is 10.3 Å². The number of nitrogens with one attached hydrogen (secondary N) is 1. The van der Waals surface area contributed by atoms with Gasteiger partial charge < -0.3 is 5.32 Å². The summed E-state index contributed by atoms with van der Waals surface area (Å²) in [6.07, 6.45) is 3.61. The predicted octanol–water partition coefficient (Wildman–Crippen LogP) is 4.05. The number of hydrogen-bond donors (Lipinski definition) is 1. The van der Waals surface area contributed by atoms with E-state index in [4.69, 9.17) is 0 Å². The van der Waals surface area contributed by atoms with E-state index in [-0.39, 0.29) is 11.9 Å². The zero-order valence-electron chi connectivity index (χ0n) is 11.7. The summed E-state index contributed by atoms with van der Waals surface area (Å²) < 4.78 is 14.1. The standard InChI is InChI=1S/C16H18BrFN2/c1-3-11-7-8-12(20-10-11)9-15(19-2)13-5-4-6-14(18)16(13)17/h4-8,10,15,19H,3,9H2,1-2H3. The third-order valence-corrected chi connectivity index (χ3v) is 4.25. The van der Waals surface area contributed by atoms with E-state index < -0.39 is 0 Å². The van der Waals surface area contributed by atoms with Crippen molar-refractivity contribution in [3.8, 4) is 0 Å². The van der Waals surface area contributed by atoms with Crippen LogP contribution in [0.1, 0.15) is 29.8 Å². The Morgan fingerprint density at radius 2 is 2.10 bits per heavy atom. The fourth-order valence-corrected chi connectivity index (χ4v) is 2.69. The zero-order chi connectivity index (χ0) is 14.5. The lowest BCUT2D eigenvalue weighted by Crippen LogP contribution is -2.20. The van der Waals surface area contributed by atoms with Gasteiger partial charge >= 0.3 is 0 Å². The first-order chi connectivity index (χ1) is 9.65. The molecule has 0 aliphatic rings. The highest BCUT2D eigenvalue weighted by Crippen LogP contribution is 2.27. The maximum Gasteiger partial charge on any atom is 0.137 e. The zero-order valence-corrected chi connectivity index (χ0v) is 13.2. The van der Waals surface area contributed by atoms with Crippen LogP contribution in [0, 0.1) is 5.82 Å². The number of pyridine rings is 1. The van der Waals surface area contributed by atoms with Gasteiger partial charge in [0.15, 0.2) is 0 Å². The summed E-state index contributed by atoms with van der Waals surface area (Å²) in [7, 11) is 1.88. The number of aromatic nitrogens is 1. The van der Waals surface area contributed by atoms with Gasteiger partial charge in [0.25, 0.3) is 0 Å². The van der Waals surface area contributed by atoms with Crippen LogP contribution in [-0.2, 0) is 12.8 Å². The van der Waals surface area contributed by atoms with Crippen LogP contribution in [0.15, 0.2) is 41.0 Å². The summed E-state index contributed by atoms with van der Waals surface area (Å²) in [5.74, 6) is -0.239. The molecule has 0 bridgehead atoms. The van der Waals surface area contributed by atoms with Crippen molar-refractivity contribution in [2.45, 2.75) is 25.8 Å². The molecule has 0 amide bonds. The van der Waals surface area contributed by atoms with Crippen LogP contribution in [0.2, 0.25) is 0 Å². The smallest absolute Gasteiger partial charge is 0.137 e. The van der Waals surface area contributed by atoms with Crippen LogP contribution >= 0.6 is 15.9 Å². The summed E-state index contributed by atoms with van der Waals surface area (Å²) in [5.41, 5.74) is 3.13. The van der Waals surface area contributed by atoms with Crippen LogP contribution in [0.4, 0.5) is 4.39 Å². The second-order valence-electron chi connectivity index (χ2n) is 4.70. The molecule has 20 heavy (non-hydrogen) atoms. The molecule has 0 fully saturated rings. The summed E-state index contributed by atoms with van der Waals surface area (Å²) in [6.45, 7) is 2.11. The van der Waals surface area contributed by atoms with E-state index in [9.17, 15) is 4.39 Å². The molecular weight excluding hydrogens is 319 g/mol. The largest absolute Gasteiger partial charge is 0.313 e. The molecule has 1 N–H and O–H groups in total. The number of hydrogen-bond acceptors (Lipinski definition) is 2. The van der Waals surface area contributed by atoms with Gasteiger partial charge in [0.2, 0.25) is 0 Å². The Morgan fingerprint density at radius 1 is 1.30 bits per heavy atom. The van der Waals surface area contributed by atoms with Crippen molar-refractivity contribution in [2.75, 3.05) is 7.05 Å². The normalized spacial score (nSPS) is 12.4. The maximum absolute atomic E-state index is 13.6. The number of aryl methyl sites for hydroxylation is 1. The maximum atomic E-state index is 13.6. The van der Waals surface area contributed by atoms with Gasteiger partial charge in [-0.1, -0.05) is 25.1 Å². The van der Waals surface area contributed by atoms with E-state index in [1.165, 1.54) is 11.6 Å². The van der Waals surface area contributed by atoms with Crippen molar-refractivity contribution in [2.24, 2.45) is 0 Å². The number of benzene rings is 1. The lowest BCUT2D eigenvalue weighted by Gasteiger charge is -2.18. The molecule has 1 aromatic heterocycles. The molecule has 0 aliphatic carbocycles. The van der Waals surface area contributed by atoms with E-state index >= 15 is 0 Å². The predicted molar refractivity (Wildman–Crippen MR) is 83.2 cm³/mol. The fraction of sp³-hybridized carbons (Fsp3) is 0.312. The Bertz CT molecular complexity index is 569. The average Bonchev–Trinajstić information content (AvgIpc) is 2.48. The molecule has 0 saturated heterocycles. The molecule has 0 aliphatic heterocycles. The Kier molecular flexibility index (Phi) is 5.26. The summed E-state index contributed by atoms with van der Waals surface area (Å²) in [5, 5.41) is 3.23. The lowest BCUT2D eigenvalue weighted by atomic mass is 10.0. The van der Waals surface area contributed by atoms with E-state index in [1.54, 1.807) is 6.07 Å². The molecule has 1 atom stereocenters. The van der Waals surface area contributed by atoms with Crippen molar-refractivity contribution >= 4 is 15.9 Å². The summed E-state index contributed by atoms with van der Waals surface area (Å²) in [6, 6.07) is 9.27. The van der Waals surface area contributed by atoms with E-state index in [0.29, 0.717) is 4.47 Å². The van der Waals surface area contributed by atoms with Crippen LogP contribution in [-0.4, -0.2) is 12.0 Å². The van der Waals surface area contributed by atoms with Crippen LogP contribution in [0.5, 0.6) is 0 Å². The van der Waals surface area contributed by atoms with Gasteiger partial charge in [-0.2, -0.15) is 0 Å². The molecule has 0 saturated carbocycles. The van der Waals surface area contributed by atoms with Gasteiger partial charge in [-0.25, -0.2) is 4.39 Å². The van der Waals surface area contributed by atoms with Crippen molar-refractivity contribution < 1.29 is 4.39 Å². The third kappa shape index (κ3) is 3.44. The Hall–Kier alpha value is -1.26. The quantitative estimate of drug-likeness (QED) is 0.890. The minimum Gasteiger partial charge on any atom is -0.313 e. The average molecular weight is 337 g/mol. The van der Waals surface area contributed by atoms with Crippen LogP contribution in [0.3, 0.4) is 0 Å². The van der Waals surface area contributed by atoms with Crippen molar-refractivity contribution in [3.05, 3.63) is 63.6 Å². The van der Waals surface area contributed by atoms with Crippen LogP contribution in [0.25, 0.3) is 0 Å². The Balaban J connectivity index is 2.21. The summed E-state index contributed by atoms with van der Waals surface area (Å²) >= 11 is 3.32. The van der Waals surface area contributed by atoms with Crippen LogP contribution < -0.4 is 5.32 Å². The number of halogens is 2. The fourth-order valence-electron chi connectivity index (χ4n) is 2.15. The van der Waals surface area contributed by atoms with E-state index in [1.807, 2.05) is 25.4 Å². The van der Waals surface area contributed by atoms with E-state index in [0.717, 1.165) is 24.1 Å². The first kappa shape index (κ1) is 15.1.